The Morgan fingerprint density at radius 3 is 2.03 bits per heavy atom. The molecule has 5 nitrogen and oxygen atoms in total. The number of hydrogen-bond donors (Lipinski definition) is 1. The maximum atomic E-state index is 6.38. The molecule has 0 aliphatic carbocycles. The number of ether oxygens (including phenoxy) is 4. The van der Waals surface area contributed by atoms with Crippen molar-refractivity contribution in [3.63, 3.8) is 0 Å². The smallest absolute Gasteiger partial charge is 0.315 e. The Morgan fingerprint density at radius 1 is 0.906 bits per heavy atom. The van der Waals surface area contributed by atoms with Crippen molar-refractivity contribution in [2.24, 2.45) is 11.1 Å². The monoisotopic (exact) mass is 455 g/mol. The van der Waals surface area contributed by atoms with Gasteiger partial charge in [-0.3, -0.25) is 0 Å². The zero-order valence-electron chi connectivity index (χ0n) is 21.8. The van der Waals surface area contributed by atoms with Crippen LogP contribution in [0.15, 0.2) is 12.3 Å². The first-order chi connectivity index (χ1) is 15.4. The third-order valence-corrected chi connectivity index (χ3v) is 6.26. The van der Waals surface area contributed by atoms with Crippen LogP contribution in [0.5, 0.6) is 0 Å². The lowest BCUT2D eigenvalue weighted by atomic mass is 9.87. The molecule has 0 aromatic carbocycles. The Kier molecular flexibility index (Phi) is 16.4. The molecule has 0 fully saturated rings. The molecule has 2 N–H and O–H groups in total. The second-order valence-corrected chi connectivity index (χ2v) is 10.2. The summed E-state index contributed by atoms with van der Waals surface area (Å²) in [4.78, 5) is 0. The van der Waals surface area contributed by atoms with Crippen LogP contribution >= 0.6 is 0 Å². The predicted molar refractivity (Wildman–Crippen MR) is 133 cm³/mol. The SMILES string of the molecule is CCCCCCCCC(CCCCCCC)OC1OC=CC(C)(C)C(COCC(C)N)O1. The van der Waals surface area contributed by atoms with Gasteiger partial charge >= 0.3 is 6.48 Å². The summed E-state index contributed by atoms with van der Waals surface area (Å²) in [6.07, 6.45) is 20.1. The molecule has 1 aliphatic heterocycles. The van der Waals surface area contributed by atoms with Crippen molar-refractivity contribution in [2.75, 3.05) is 13.2 Å². The number of unbranched alkanes of at least 4 members (excludes halogenated alkanes) is 9. The molecule has 0 aromatic rings. The van der Waals surface area contributed by atoms with Crippen LogP contribution in [0.25, 0.3) is 0 Å². The van der Waals surface area contributed by atoms with Crippen molar-refractivity contribution < 1.29 is 18.9 Å². The highest BCUT2D eigenvalue weighted by molar-refractivity contribution is 4.98. The van der Waals surface area contributed by atoms with Crippen LogP contribution < -0.4 is 5.73 Å². The molecule has 0 radical (unpaired) electrons. The van der Waals surface area contributed by atoms with Crippen molar-refractivity contribution in [1.29, 1.82) is 0 Å². The van der Waals surface area contributed by atoms with E-state index >= 15 is 0 Å². The van der Waals surface area contributed by atoms with E-state index in [2.05, 4.69) is 27.7 Å². The van der Waals surface area contributed by atoms with Crippen molar-refractivity contribution >= 4 is 0 Å². The van der Waals surface area contributed by atoms with Crippen LogP contribution in [0, 0.1) is 5.41 Å². The van der Waals surface area contributed by atoms with Gasteiger partial charge in [0.1, 0.15) is 0 Å². The van der Waals surface area contributed by atoms with Gasteiger partial charge in [0, 0.05) is 11.5 Å². The first-order valence-electron chi connectivity index (χ1n) is 13.4. The largest absolute Gasteiger partial charge is 0.449 e. The first-order valence-corrected chi connectivity index (χ1v) is 13.4. The molecular weight excluding hydrogens is 402 g/mol. The van der Waals surface area contributed by atoms with E-state index in [4.69, 9.17) is 24.7 Å². The highest BCUT2D eigenvalue weighted by atomic mass is 16.8. The third kappa shape index (κ3) is 13.8. The Bertz CT molecular complexity index is 467. The lowest BCUT2D eigenvalue weighted by molar-refractivity contribution is -0.309. The van der Waals surface area contributed by atoms with Crippen LogP contribution in [0.3, 0.4) is 0 Å². The standard InChI is InChI=1S/C27H53NO4/c1-6-8-10-12-14-16-18-24(17-15-13-11-9-7-2)31-26-30-20-19-27(4,5)25(32-26)22-29-21-23(3)28/h19-20,23-26H,6-18,21-22,28H2,1-5H3. The van der Waals surface area contributed by atoms with E-state index in [0.717, 1.165) is 12.8 Å². The Hall–Kier alpha value is -0.620. The molecule has 32 heavy (non-hydrogen) atoms. The van der Waals surface area contributed by atoms with Gasteiger partial charge in [-0.25, -0.2) is 0 Å². The van der Waals surface area contributed by atoms with Crippen molar-refractivity contribution in [2.45, 2.75) is 143 Å². The van der Waals surface area contributed by atoms with Crippen molar-refractivity contribution in [3.05, 3.63) is 12.3 Å². The molecule has 1 aliphatic rings. The molecule has 0 saturated heterocycles. The minimum absolute atomic E-state index is 0.0112. The first kappa shape index (κ1) is 29.4. The molecule has 0 saturated carbocycles. The number of rotatable bonds is 19. The second-order valence-electron chi connectivity index (χ2n) is 10.2. The molecule has 4 atom stereocenters. The molecule has 190 valence electrons. The minimum Gasteiger partial charge on any atom is -0.449 e. The van der Waals surface area contributed by atoms with Crippen LogP contribution in [0.1, 0.15) is 118 Å². The summed E-state index contributed by atoms with van der Waals surface area (Å²) < 4.78 is 24.3. The summed E-state index contributed by atoms with van der Waals surface area (Å²) >= 11 is 0. The average Bonchev–Trinajstić information content (AvgIpc) is 2.87. The van der Waals surface area contributed by atoms with E-state index < -0.39 is 6.48 Å². The zero-order valence-corrected chi connectivity index (χ0v) is 21.8. The third-order valence-electron chi connectivity index (χ3n) is 6.26. The van der Waals surface area contributed by atoms with E-state index in [-0.39, 0.29) is 23.7 Å². The van der Waals surface area contributed by atoms with E-state index in [1.807, 2.05) is 13.0 Å². The Morgan fingerprint density at radius 2 is 1.47 bits per heavy atom. The highest BCUT2D eigenvalue weighted by Gasteiger charge is 2.34. The average molecular weight is 456 g/mol. The van der Waals surface area contributed by atoms with E-state index in [1.54, 1.807) is 6.26 Å². The Labute approximate surface area is 198 Å². The van der Waals surface area contributed by atoms with Gasteiger partial charge in [0.05, 0.1) is 31.7 Å². The summed E-state index contributed by atoms with van der Waals surface area (Å²) in [7, 11) is 0. The van der Waals surface area contributed by atoms with Crippen LogP contribution in [0.2, 0.25) is 0 Å². The van der Waals surface area contributed by atoms with Gasteiger partial charge in [0.25, 0.3) is 0 Å². The Balaban J connectivity index is 2.58. The lowest BCUT2D eigenvalue weighted by Crippen LogP contribution is -2.39. The van der Waals surface area contributed by atoms with Gasteiger partial charge in [-0.1, -0.05) is 98.3 Å². The quantitative estimate of drug-likeness (QED) is 0.211. The van der Waals surface area contributed by atoms with Gasteiger partial charge in [-0.05, 0) is 25.8 Å². The maximum Gasteiger partial charge on any atom is 0.315 e. The fourth-order valence-corrected chi connectivity index (χ4v) is 3.97. The van der Waals surface area contributed by atoms with Gasteiger partial charge in [-0.15, -0.1) is 0 Å². The molecule has 5 heteroatoms. The minimum atomic E-state index is -0.683. The lowest BCUT2D eigenvalue weighted by Gasteiger charge is -2.32. The van der Waals surface area contributed by atoms with Gasteiger partial charge in [0.2, 0.25) is 0 Å². The topological polar surface area (TPSA) is 62.9 Å². The van der Waals surface area contributed by atoms with Gasteiger partial charge in [0.15, 0.2) is 0 Å². The zero-order chi connectivity index (χ0) is 23.7. The summed E-state index contributed by atoms with van der Waals surface area (Å²) in [6, 6.07) is 0.0112. The van der Waals surface area contributed by atoms with E-state index in [0.29, 0.717) is 13.2 Å². The van der Waals surface area contributed by atoms with Gasteiger partial charge in [-0.2, -0.15) is 0 Å². The number of nitrogens with two attached hydrogens (primary N) is 1. The molecular formula is C27H53NO4. The van der Waals surface area contributed by atoms with Gasteiger partial charge < -0.3 is 24.7 Å². The molecule has 0 bridgehead atoms. The normalized spacial score (nSPS) is 22.3. The fraction of sp³-hybridized carbons (Fsp3) is 0.926. The highest BCUT2D eigenvalue weighted by Crippen LogP contribution is 2.31. The summed E-state index contributed by atoms with van der Waals surface area (Å²) in [5.41, 5.74) is 5.63. The molecule has 0 amide bonds. The molecule has 4 unspecified atom stereocenters. The molecule has 1 heterocycles. The summed E-state index contributed by atoms with van der Waals surface area (Å²) in [5.74, 6) is 0. The van der Waals surface area contributed by atoms with E-state index in [9.17, 15) is 0 Å². The summed E-state index contributed by atoms with van der Waals surface area (Å²) in [5, 5.41) is 0. The van der Waals surface area contributed by atoms with Crippen LogP contribution in [-0.4, -0.2) is 37.9 Å². The van der Waals surface area contributed by atoms with E-state index in [1.165, 1.54) is 70.6 Å². The number of hydrogen-bond acceptors (Lipinski definition) is 5. The van der Waals surface area contributed by atoms with Crippen molar-refractivity contribution in [3.8, 4) is 0 Å². The van der Waals surface area contributed by atoms with Crippen LogP contribution in [-0.2, 0) is 18.9 Å². The molecule has 0 aromatic heterocycles. The predicted octanol–water partition coefficient (Wildman–Crippen LogP) is 7.09. The fourth-order valence-electron chi connectivity index (χ4n) is 3.97. The second kappa shape index (κ2) is 17.8. The molecule has 1 rings (SSSR count). The maximum absolute atomic E-state index is 6.38. The summed E-state index contributed by atoms with van der Waals surface area (Å²) in [6.45, 7) is 11.0. The van der Waals surface area contributed by atoms with Crippen LogP contribution in [0.4, 0.5) is 0 Å². The van der Waals surface area contributed by atoms with Crippen molar-refractivity contribution in [1.82, 2.24) is 0 Å². The molecule has 0 spiro atoms.